The van der Waals surface area contributed by atoms with Crippen molar-refractivity contribution in [2.75, 3.05) is 0 Å². The topological polar surface area (TPSA) is 48.0 Å². The van der Waals surface area contributed by atoms with Gasteiger partial charge in [-0.25, -0.2) is 0 Å². The molecule has 0 aliphatic rings. The molecule has 0 saturated carbocycles. The van der Waals surface area contributed by atoms with Crippen LogP contribution in [0.1, 0.15) is 51.7 Å². The average Bonchev–Trinajstić information content (AvgIpc) is 2.45. The van der Waals surface area contributed by atoms with E-state index in [1.807, 2.05) is 32.9 Å². The number of aromatic nitrogens is 1. The highest BCUT2D eigenvalue weighted by Gasteiger charge is 2.20. The summed E-state index contributed by atoms with van der Waals surface area (Å²) in [5.41, 5.74) is 9.43. The Balaban J connectivity index is 2.57. The summed E-state index contributed by atoms with van der Waals surface area (Å²) in [7, 11) is 0. The maximum atomic E-state index is 12.7. The maximum absolute atomic E-state index is 12.7. The fourth-order valence-corrected chi connectivity index (χ4v) is 2.67. The van der Waals surface area contributed by atoms with Gasteiger partial charge >= 0.3 is 0 Å². The fourth-order valence-electron chi connectivity index (χ4n) is 2.67. The second-order valence-electron chi connectivity index (χ2n) is 6.68. The van der Waals surface area contributed by atoms with Gasteiger partial charge in [0, 0.05) is 17.6 Å². The molecule has 0 aliphatic carbocycles. The van der Waals surface area contributed by atoms with Crippen molar-refractivity contribution in [1.29, 1.82) is 0 Å². The van der Waals surface area contributed by atoms with Crippen LogP contribution in [0.5, 0.6) is 0 Å². The van der Waals surface area contributed by atoms with Crippen molar-refractivity contribution in [3.05, 3.63) is 57.9 Å². The van der Waals surface area contributed by atoms with Gasteiger partial charge in [-0.15, -0.1) is 0 Å². The van der Waals surface area contributed by atoms with Gasteiger partial charge in [-0.3, -0.25) is 4.79 Å². The van der Waals surface area contributed by atoms with Crippen LogP contribution < -0.4 is 11.3 Å². The van der Waals surface area contributed by atoms with Crippen molar-refractivity contribution < 1.29 is 0 Å². The molecule has 118 valence electrons. The molecule has 1 aromatic heterocycles. The van der Waals surface area contributed by atoms with E-state index in [9.17, 15) is 4.79 Å². The second kappa shape index (κ2) is 6.09. The molecule has 0 aliphatic heterocycles. The van der Waals surface area contributed by atoms with Gasteiger partial charge in [0.2, 0.25) is 0 Å². The van der Waals surface area contributed by atoms with E-state index < -0.39 is 5.54 Å². The van der Waals surface area contributed by atoms with E-state index >= 15 is 0 Å². The van der Waals surface area contributed by atoms with E-state index in [4.69, 9.17) is 5.73 Å². The summed E-state index contributed by atoms with van der Waals surface area (Å²) in [6.07, 6.45) is 0. The van der Waals surface area contributed by atoms with E-state index in [0.29, 0.717) is 18.0 Å². The second-order valence-corrected chi connectivity index (χ2v) is 6.68. The lowest BCUT2D eigenvalue weighted by Crippen LogP contribution is -2.38. The molecule has 2 N–H and O–H groups in total. The molecule has 0 bridgehead atoms. The minimum absolute atomic E-state index is 0.000404. The van der Waals surface area contributed by atoms with Gasteiger partial charge in [0.05, 0.1) is 5.69 Å². The molecule has 0 spiro atoms. The van der Waals surface area contributed by atoms with Crippen LogP contribution in [0.2, 0.25) is 0 Å². The van der Waals surface area contributed by atoms with E-state index in [1.54, 1.807) is 4.57 Å². The normalized spacial score (nSPS) is 12.0. The van der Waals surface area contributed by atoms with Crippen molar-refractivity contribution in [2.24, 2.45) is 5.73 Å². The highest BCUT2D eigenvalue weighted by atomic mass is 16.1. The summed E-state index contributed by atoms with van der Waals surface area (Å²) in [5, 5.41) is 0. The third-order valence-corrected chi connectivity index (χ3v) is 4.06. The Morgan fingerprint density at radius 1 is 1.09 bits per heavy atom. The largest absolute Gasteiger partial charge is 0.322 e. The lowest BCUT2D eigenvalue weighted by atomic mass is 9.95. The summed E-state index contributed by atoms with van der Waals surface area (Å²) in [6, 6.07) is 12.3. The zero-order valence-electron chi connectivity index (χ0n) is 14.2. The predicted octanol–water partition coefficient (Wildman–Crippen LogP) is 3.85. The molecule has 2 rings (SSSR count). The number of benzene rings is 1. The van der Waals surface area contributed by atoms with Gasteiger partial charge in [0.15, 0.2) is 0 Å². The summed E-state index contributed by atoms with van der Waals surface area (Å²) < 4.78 is 1.80. The van der Waals surface area contributed by atoms with Crippen LogP contribution in [0.25, 0.3) is 11.3 Å². The SMILES string of the molecule is CCn1c(-c2ccc(C(C)C)cc2)ccc(C(C)(C)N)c1=O. The Morgan fingerprint density at radius 3 is 2.14 bits per heavy atom. The van der Waals surface area contributed by atoms with Crippen LogP contribution in [0.15, 0.2) is 41.2 Å². The standard InChI is InChI=1S/C19H26N2O/c1-6-21-17(12-11-16(18(21)22)19(4,5)20)15-9-7-14(8-10-15)13(2)3/h7-13H,6,20H2,1-5H3. The van der Waals surface area contributed by atoms with Gasteiger partial charge < -0.3 is 10.3 Å². The van der Waals surface area contributed by atoms with Crippen LogP contribution in [0.3, 0.4) is 0 Å². The minimum atomic E-state index is -0.631. The molecule has 1 heterocycles. The summed E-state index contributed by atoms with van der Waals surface area (Å²) >= 11 is 0. The molecule has 0 amide bonds. The van der Waals surface area contributed by atoms with Gasteiger partial charge in [-0.2, -0.15) is 0 Å². The summed E-state index contributed by atoms with van der Waals surface area (Å²) in [6.45, 7) is 10.7. The molecule has 2 aromatic rings. The quantitative estimate of drug-likeness (QED) is 0.932. The molecule has 22 heavy (non-hydrogen) atoms. The van der Waals surface area contributed by atoms with Crippen LogP contribution in [-0.4, -0.2) is 4.57 Å². The number of nitrogens with zero attached hydrogens (tertiary/aromatic N) is 1. The lowest BCUT2D eigenvalue weighted by Gasteiger charge is -2.21. The highest BCUT2D eigenvalue weighted by molar-refractivity contribution is 5.60. The fraction of sp³-hybridized carbons (Fsp3) is 0.421. The van der Waals surface area contributed by atoms with Crippen molar-refractivity contribution in [1.82, 2.24) is 4.57 Å². The Morgan fingerprint density at radius 2 is 1.68 bits per heavy atom. The molecule has 0 unspecified atom stereocenters. The Bertz CT molecular complexity index is 704. The summed E-state index contributed by atoms with van der Waals surface area (Å²) in [5.74, 6) is 0.503. The zero-order valence-corrected chi connectivity index (χ0v) is 14.2. The average molecular weight is 298 g/mol. The first-order valence-corrected chi connectivity index (χ1v) is 7.89. The maximum Gasteiger partial charge on any atom is 0.256 e. The number of nitrogens with two attached hydrogens (primary N) is 1. The first kappa shape index (κ1) is 16.5. The van der Waals surface area contributed by atoms with Gasteiger partial charge in [0.1, 0.15) is 0 Å². The lowest BCUT2D eigenvalue weighted by molar-refractivity contribution is 0.536. The van der Waals surface area contributed by atoms with E-state index in [0.717, 1.165) is 11.3 Å². The number of pyridine rings is 1. The van der Waals surface area contributed by atoms with Crippen molar-refractivity contribution in [2.45, 2.75) is 52.6 Å². The Hall–Kier alpha value is -1.87. The molecule has 3 nitrogen and oxygen atoms in total. The molecule has 0 fully saturated rings. The van der Waals surface area contributed by atoms with Gasteiger partial charge in [-0.05, 0) is 49.9 Å². The zero-order chi connectivity index (χ0) is 16.5. The van der Waals surface area contributed by atoms with Crippen LogP contribution >= 0.6 is 0 Å². The van der Waals surface area contributed by atoms with Crippen molar-refractivity contribution in [3.8, 4) is 11.3 Å². The van der Waals surface area contributed by atoms with E-state index in [-0.39, 0.29) is 5.56 Å². The third kappa shape index (κ3) is 3.14. The van der Waals surface area contributed by atoms with Crippen molar-refractivity contribution in [3.63, 3.8) is 0 Å². The summed E-state index contributed by atoms with van der Waals surface area (Å²) in [4.78, 5) is 12.7. The molecular weight excluding hydrogens is 272 g/mol. The molecule has 0 radical (unpaired) electrons. The van der Waals surface area contributed by atoms with Gasteiger partial charge in [-0.1, -0.05) is 38.1 Å². The highest BCUT2D eigenvalue weighted by Crippen LogP contribution is 2.23. The third-order valence-electron chi connectivity index (χ3n) is 4.06. The molecule has 0 saturated heterocycles. The van der Waals surface area contributed by atoms with Gasteiger partial charge in [0.25, 0.3) is 5.56 Å². The van der Waals surface area contributed by atoms with Crippen LogP contribution in [0.4, 0.5) is 0 Å². The number of hydrogen-bond donors (Lipinski definition) is 1. The van der Waals surface area contributed by atoms with Crippen LogP contribution in [0, 0.1) is 0 Å². The molecule has 0 atom stereocenters. The number of hydrogen-bond acceptors (Lipinski definition) is 2. The van der Waals surface area contributed by atoms with E-state index in [2.05, 4.69) is 38.1 Å². The molecule has 1 aromatic carbocycles. The predicted molar refractivity (Wildman–Crippen MR) is 93.1 cm³/mol. The molecular formula is C19H26N2O. The monoisotopic (exact) mass is 298 g/mol. The first-order valence-electron chi connectivity index (χ1n) is 7.89. The smallest absolute Gasteiger partial charge is 0.256 e. The van der Waals surface area contributed by atoms with E-state index in [1.165, 1.54) is 5.56 Å². The van der Waals surface area contributed by atoms with Crippen molar-refractivity contribution >= 4 is 0 Å². The first-order chi connectivity index (χ1) is 10.3. The van der Waals surface area contributed by atoms with Crippen LogP contribution in [-0.2, 0) is 12.1 Å². The number of rotatable bonds is 4. The minimum Gasteiger partial charge on any atom is -0.322 e. The molecule has 3 heteroatoms. The Kier molecular flexibility index (Phi) is 4.57. The Labute approximate surface area is 132 Å².